The van der Waals surface area contributed by atoms with Crippen LogP contribution in [0.1, 0.15) is 11.6 Å². The Hall–Kier alpha value is -1.55. The molecule has 1 aromatic rings. The van der Waals surface area contributed by atoms with E-state index in [0.717, 1.165) is 11.6 Å². The second-order valence-corrected chi connectivity index (χ2v) is 2.38. The molecule has 0 amide bonds. The molecule has 1 aromatic heterocycles. The van der Waals surface area contributed by atoms with Crippen LogP contribution in [0.2, 0.25) is 0 Å². The summed E-state index contributed by atoms with van der Waals surface area (Å²) in [6.45, 7) is 4.71. The number of nitrogens with zero attached hydrogens (tertiary/aromatic N) is 6. The van der Waals surface area contributed by atoms with Crippen LogP contribution in [0.5, 0.6) is 0 Å². The van der Waals surface area contributed by atoms with Gasteiger partial charge in [-0.3, -0.25) is 0 Å². The van der Waals surface area contributed by atoms with E-state index in [9.17, 15) is 0 Å². The second-order valence-electron chi connectivity index (χ2n) is 2.38. The highest BCUT2D eigenvalue weighted by Crippen LogP contribution is 1.95. The topological polar surface area (TPSA) is 79.5 Å². The number of hydrogen-bond acceptors (Lipinski definition) is 3. The van der Waals surface area contributed by atoms with Crippen LogP contribution in [0.25, 0.3) is 10.4 Å². The molecule has 0 fully saturated rings. The lowest BCUT2D eigenvalue weighted by molar-refractivity contribution is 0.600. The van der Waals surface area contributed by atoms with Crippen molar-refractivity contribution >= 4 is 0 Å². The molecule has 6 heteroatoms. The zero-order valence-corrected chi connectivity index (χ0v) is 7.10. The van der Waals surface area contributed by atoms with Crippen LogP contribution in [0.15, 0.2) is 5.11 Å². The minimum atomic E-state index is 0.417. The van der Waals surface area contributed by atoms with Crippen LogP contribution < -0.4 is 0 Å². The predicted octanol–water partition coefficient (Wildman–Crippen LogP) is 1.21. The van der Waals surface area contributed by atoms with E-state index in [1.807, 2.05) is 13.8 Å². The molecular weight excluding hydrogens is 156 g/mol. The first-order valence-corrected chi connectivity index (χ1v) is 3.63. The first-order chi connectivity index (χ1) is 5.74. The number of hydrogen-bond donors (Lipinski definition) is 0. The maximum absolute atomic E-state index is 8.03. The molecular formula is C6H10N6. The number of rotatable bonds is 3. The van der Waals surface area contributed by atoms with Gasteiger partial charge in [-0.15, -0.1) is 0 Å². The Bertz CT molecular complexity index is 308. The predicted molar refractivity (Wildman–Crippen MR) is 43.5 cm³/mol. The van der Waals surface area contributed by atoms with E-state index in [4.69, 9.17) is 5.53 Å². The van der Waals surface area contributed by atoms with Gasteiger partial charge in [0.15, 0.2) is 0 Å². The second kappa shape index (κ2) is 3.73. The first-order valence-electron chi connectivity index (χ1n) is 3.63. The molecule has 0 atom stereocenters. The van der Waals surface area contributed by atoms with Gasteiger partial charge in [0.2, 0.25) is 0 Å². The van der Waals surface area contributed by atoms with Crippen LogP contribution in [0, 0.1) is 13.8 Å². The molecule has 64 valence electrons. The summed E-state index contributed by atoms with van der Waals surface area (Å²) in [6.07, 6.45) is 0. The van der Waals surface area contributed by atoms with Gasteiger partial charge < -0.3 is 0 Å². The van der Waals surface area contributed by atoms with Crippen molar-refractivity contribution in [2.24, 2.45) is 5.11 Å². The van der Waals surface area contributed by atoms with Gasteiger partial charge in [-0.05, 0) is 19.4 Å². The maximum atomic E-state index is 8.03. The Kier molecular flexibility index (Phi) is 2.66. The molecule has 0 unspecified atom stereocenters. The SMILES string of the molecule is Cc1nc(C)n(CCN=[N+]=[N-])n1. The molecule has 0 saturated heterocycles. The van der Waals surface area contributed by atoms with Crippen LogP contribution in [0.3, 0.4) is 0 Å². The largest absolute Gasteiger partial charge is 0.250 e. The number of azide groups is 1. The van der Waals surface area contributed by atoms with E-state index in [2.05, 4.69) is 20.1 Å². The maximum Gasteiger partial charge on any atom is 0.147 e. The summed E-state index contributed by atoms with van der Waals surface area (Å²) in [5.74, 6) is 1.59. The van der Waals surface area contributed by atoms with E-state index in [0.29, 0.717) is 13.1 Å². The van der Waals surface area contributed by atoms with Crippen molar-refractivity contribution in [1.29, 1.82) is 0 Å². The molecule has 0 aliphatic rings. The molecule has 1 heterocycles. The third-order valence-electron chi connectivity index (χ3n) is 1.44. The molecule has 0 radical (unpaired) electrons. The monoisotopic (exact) mass is 166 g/mol. The van der Waals surface area contributed by atoms with E-state index in [-0.39, 0.29) is 0 Å². The van der Waals surface area contributed by atoms with Gasteiger partial charge in [0.05, 0.1) is 0 Å². The minimum absolute atomic E-state index is 0.417. The van der Waals surface area contributed by atoms with Crippen molar-refractivity contribution in [3.05, 3.63) is 22.1 Å². The van der Waals surface area contributed by atoms with Gasteiger partial charge in [0.1, 0.15) is 11.6 Å². The van der Waals surface area contributed by atoms with Crippen molar-refractivity contribution in [3.63, 3.8) is 0 Å². The molecule has 0 saturated carbocycles. The summed E-state index contributed by atoms with van der Waals surface area (Å²) in [6, 6.07) is 0. The molecule has 0 spiro atoms. The van der Waals surface area contributed by atoms with Gasteiger partial charge in [0, 0.05) is 18.0 Å². The number of aromatic nitrogens is 3. The lowest BCUT2D eigenvalue weighted by Crippen LogP contribution is -2.04. The van der Waals surface area contributed by atoms with Gasteiger partial charge in [-0.25, -0.2) is 9.67 Å². The fourth-order valence-electron chi connectivity index (χ4n) is 0.957. The fraction of sp³-hybridized carbons (Fsp3) is 0.667. The minimum Gasteiger partial charge on any atom is -0.250 e. The highest BCUT2D eigenvalue weighted by atomic mass is 15.3. The molecule has 1 rings (SSSR count). The Morgan fingerprint density at radius 2 is 2.33 bits per heavy atom. The van der Waals surface area contributed by atoms with Gasteiger partial charge >= 0.3 is 0 Å². The van der Waals surface area contributed by atoms with E-state index in [1.165, 1.54) is 0 Å². The third kappa shape index (κ3) is 1.96. The average Bonchev–Trinajstić information content (AvgIpc) is 2.31. The lowest BCUT2D eigenvalue weighted by Gasteiger charge is -1.96. The fourth-order valence-corrected chi connectivity index (χ4v) is 0.957. The Balaban J connectivity index is 2.62. The Labute approximate surface area is 69.9 Å². The zero-order valence-electron chi connectivity index (χ0n) is 7.10. The Morgan fingerprint density at radius 3 is 2.83 bits per heavy atom. The smallest absolute Gasteiger partial charge is 0.147 e. The molecule has 0 bridgehead atoms. The van der Waals surface area contributed by atoms with Crippen molar-refractivity contribution < 1.29 is 0 Å². The van der Waals surface area contributed by atoms with Crippen molar-refractivity contribution in [3.8, 4) is 0 Å². The van der Waals surface area contributed by atoms with E-state index in [1.54, 1.807) is 4.68 Å². The number of aryl methyl sites for hydroxylation is 2. The highest BCUT2D eigenvalue weighted by Gasteiger charge is 1.99. The van der Waals surface area contributed by atoms with E-state index < -0.39 is 0 Å². The summed E-state index contributed by atoms with van der Waals surface area (Å²) >= 11 is 0. The van der Waals surface area contributed by atoms with Crippen molar-refractivity contribution in [2.75, 3.05) is 6.54 Å². The summed E-state index contributed by atoms with van der Waals surface area (Å²) in [5, 5.41) is 7.51. The van der Waals surface area contributed by atoms with Gasteiger partial charge in [-0.2, -0.15) is 5.10 Å². The van der Waals surface area contributed by atoms with Crippen LogP contribution in [-0.4, -0.2) is 21.3 Å². The molecule has 0 aliphatic carbocycles. The average molecular weight is 166 g/mol. The Morgan fingerprint density at radius 1 is 1.58 bits per heavy atom. The van der Waals surface area contributed by atoms with Crippen molar-refractivity contribution in [2.45, 2.75) is 20.4 Å². The molecule has 12 heavy (non-hydrogen) atoms. The molecule has 6 nitrogen and oxygen atoms in total. The standard InChI is InChI=1S/C6H10N6/c1-5-9-6(2)12(10-5)4-3-8-11-7/h3-4H2,1-2H3. The summed E-state index contributed by atoms with van der Waals surface area (Å²) in [4.78, 5) is 6.76. The quantitative estimate of drug-likeness (QED) is 0.384. The van der Waals surface area contributed by atoms with Gasteiger partial charge in [0.25, 0.3) is 0 Å². The summed E-state index contributed by atoms with van der Waals surface area (Å²) in [5.41, 5.74) is 8.03. The van der Waals surface area contributed by atoms with E-state index >= 15 is 0 Å². The van der Waals surface area contributed by atoms with Crippen LogP contribution in [-0.2, 0) is 6.54 Å². The zero-order chi connectivity index (χ0) is 8.97. The van der Waals surface area contributed by atoms with Crippen molar-refractivity contribution in [1.82, 2.24) is 14.8 Å². The van der Waals surface area contributed by atoms with Crippen LogP contribution in [0.4, 0.5) is 0 Å². The normalized spacial score (nSPS) is 9.50. The summed E-state index contributed by atoms with van der Waals surface area (Å²) < 4.78 is 1.73. The molecule has 0 aromatic carbocycles. The van der Waals surface area contributed by atoms with Crippen LogP contribution >= 0.6 is 0 Å². The molecule has 0 aliphatic heterocycles. The first kappa shape index (κ1) is 8.55. The van der Waals surface area contributed by atoms with Gasteiger partial charge in [-0.1, -0.05) is 5.11 Å². The third-order valence-corrected chi connectivity index (χ3v) is 1.44. The molecule has 0 N–H and O–H groups in total. The summed E-state index contributed by atoms with van der Waals surface area (Å²) in [7, 11) is 0. The highest BCUT2D eigenvalue weighted by molar-refractivity contribution is 4.87. The lowest BCUT2D eigenvalue weighted by atomic mass is 10.6.